The van der Waals surface area contributed by atoms with Crippen molar-refractivity contribution in [1.29, 1.82) is 0 Å². The second-order valence-corrected chi connectivity index (χ2v) is 2.60. The van der Waals surface area contributed by atoms with Crippen LogP contribution in [0.25, 0.3) is 0 Å². The average Bonchev–Trinajstić information content (AvgIpc) is 2.15. The Morgan fingerprint density at radius 3 is 2.44 bits per heavy atom. The van der Waals surface area contributed by atoms with Crippen LogP contribution in [0.3, 0.4) is 0 Å². The Morgan fingerprint density at radius 2 is 2.00 bits per heavy atom. The van der Waals surface area contributed by atoms with Gasteiger partial charge in [-0.25, -0.2) is 0 Å². The van der Waals surface area contributed by atoms with Crippen LogP contribution in [0.5, 0.6) is 5.75 Å². The molecule has 3 nitrogen and oxygen atoms in total. The first-order valence-electron chi connectivity index (χ1n) is 3.82. The first-order chi connectivity index (χ1) is 7.34. The number of hydrogen-bond donors (Lipinski definition) is 0. The minimum Gasteiger partial charge on any atom is -0.434 e. The van der Waals surface area contributed by atoms with Crippen molar-refractivity contribution in [2.45, 2.75) is 12.8 Å². The van der Waals surface area contributed by atoms with Gasteiger partial charge in [-0.05, 0) is 0 Å². The number of halogens is 5. The summed E-state index contributed by atoms with van der Waals surface area (Å²) < 4.78 is 63.9. The van der Waals surface area contributed by atoms with Crippen LogP contribution in [0, 0.1) is 0 Å². The SMILES string of the molecule is O=Cc1cnc(C(F)(F)F)cc1OC(F)F. The summed E-state index contributed by atoms with van der Waals surface area (Å²) in [6.45, 7) is -3.32. The zero-order valence-corrected chi connectivity index (χ0v) is 7.46. The number of aromatic nitrogens is 1. The summed E-state index contributed by atoms with van der Waals surface area (Å²) in [4.78, 5) is 13.2. The molecule has 16 heavy (non-hydrogen) atoms. The van der Waals surface area contributed by atoms with E-state index in [2.05, 4.69) is 9.72 Å². The van der Waals surface area contributed by atoms with Gasteiger partial charge in [0.25, 0.3) is 0 Å². The average molecular weight is 241 g/mol. The van der Waals surface area contributed by atoms with Crippen molar-refractivity contribution >= 4 is 6.29 Å². The summed E-state index contributed by atoms with van der Waals surface area (Å²) >= 11 is 0. The molecule has 1 heterocycles. The third-order valence-corrected chi connectivity index (χ3v) is 1.53. The fraction of sp³-hybridized carbons (Fsp3) is 0.250. The molecule has 0 aliphatic rings. The van der Waals surface area contributed by atoms with Crippen LogP contribution in [0.15, 0.2) is 12.3 Å². The minimum atomic E-state index is -4.79. The third-order valence-electron chi connectivity index (χ3n) is 1.53. The Morgan fingerprint density at radius 1 is 1.38 bits per heavy atom. The monoisotopic (exact) mass is 241 g/mol. The van der Waals surface area contributed by atoms with Crippen LogP contribution in [0.1, 0.15) is 16.1 Å². The maximum Gasteiger partial charge on any atom is 0.433 e. The summed E-state index contributed by atoms with van der Waals surface area (Å²) in [6.07, 6.45) is -4.19. The van der Waals surface area contributed by atoms with Gasteiger partial charge in [-0.15, -0.1) is 0 Å². The quantitative estimate of drug-likeness (QED) is 0.602. The molecule has 1 rings (SSSR count). The van der Waals surface area contributed by atoms with Gasteiger partial charge in [0.05, 0.1) is 5.56 Å². The number of carbonyl (C=O) groups excluding carboxylic acids is 1. The number of rotatable bonds is 3. The molecule has 0 unspecified atom stereocenters. The van der Waals surface area contributed by atoms with Gasteiger partial charge in [0.2, 0.25) is 0 Å². The zero-order chi connectivity index (χ0) is 12.3. The number of aldehydes is 1. The molecule has 0 aliphatic heterocycles. The summed E-state index contributed by atoms with van der Waals surface area (Å²) in [6, 6.07) is 0.246. The van der Waals surface area contributed by atoms with E-state index in [1.165, 1.54) is 0 Å². The molecule has 0 spiro atoms. The Bertz CT molecular complexity index is 391. The van der Waals surface area contributed by atoms with E-state index < -0.39 is 29.8 Å². The molecule has 1 aromatic heterocycles. The van der Waals surface area contributed by atoms with Crippen molar-refractivity contribution in [3.8, 4) is 5.75 Å². The third kappa shape index (κ3) is 2.88. The molecular weight excluding hydrogens is 237 g/mol. The van der Waals surface area contributed by atoms with Crippen molar-refractivity contribution in [2.24, 2.45) is 0 Å². The van der Waals surface area contributed by atoms with Crippen molar-refractivity contribution in [3.63, 3.8) is 0 Å². The number of alkyl halides is 5. The molecule has 0 aromatic carbocycles. The highest BCUT2D eigenvalue weighted by Crippen LogP contribution is 2.31. The van der Waals surface area contributed by atoms with Crippen molar-refractivity contribution in [3.05, 3.63) is 23.5 Å². The van der Waals surface area contributed by atoms with E-state index in [4.69, 9.17) is 0 Å². The smallest absolute Gasteiger partial charge is 0.433 e. The lowest BCUT2D eigenvalue weighted by atomic mass is 10.2. The van der Waals surface area contributed by atoms with Crippen LogP contribution in [-0.2, 0) is 6.18 Å². The molecule has 0 fully saturated rings. The van der Waals surface area contributed by atoms with Crippen LogP contribution in [-0.4, -0.2) is 17.9 Å². The highest BCUT2D eigenvalue weighted by molar-refractivity contribution is 5.78. The van der Waals surface area contributed by atoms with Crippen LogP contribution >= 0.6 is 0 Å². The lowest BCUT2D eigenvalue weighted by molar-refractivity contribution is -0.141. The highest BCUT2D eigenvalue weighted by Gasteiger charge is 2.33. The summed E-state index contributed by atoms with van der Waals surface area (Å²) in [7, 11) is 0. The van der Waals surface area contributed by atoms with E-state index in [0.717, 1.165) is 0 Å². The first-order valence-corrected chi connectivity index (χ1v) is 3.82. The predicted molar refractivity (Wildman–Crippen MR) is 41.3 cm³/mol. The van der Waals surface area contributed by atoms with Crippen LogP contribution in [0.2, 0.25) is 0 Å². The lowest BCUT2D eigenvalue weighted by Gasteiger charge is -2.10. The van der Waals surface area contributed by atoms with Gasteiger partial charge in [-0.2, -0.15) is 22.0 Å². The Balaban J connectivity index is 3.16. The number of pyridine rings is 1. The van der Waals surface area contributed by atoms with E-state index in [-0.39, 0.29) is 12.4 Å². The predicted octanol–water partition coefficient (Wildman–Crippen LogP) is 2.51. The molecule has 8 heteroatoms. The molecule has 0 bridgehead atoms. The Labute approximate surface area is 85.8 Å². The molecule has 0 amide bonds. The van der Waals surface area contributed by atoms with Gasteiger partial charge >= 0.3 is 12.8 Å². The largest absolute Gasteiger partial charge is 0.434 e. The van der Waals surface area contributed by atoms with Gasteiger partial charge in [-0.3, -0.25) is 9.78 Å². The second-order valence-electron chi connectivity index (χ2n) is 2.60. The molecule has 1 aromatic rings. The van der Waals surface area contributed by atoms with Gasteiger partial charge < -0.3 is 4.74 Å². The van der Waals surface area contributed by atoms with Crippen molar-refractivity contribution in [2.75, 3.05) is 0 Å². The first kappa shape index (κ1) is 12.3. The normalized spacial score (nSPS) is 11.6. The number of carbonyl (C=O) groups is 1. The standard InChI is InChI=1S/C8H4F5NO2/c9-7(10)16-5-1-6(8(11,12)13)14-2-4(5)3-15/h1-3,7H. The molecule has 0 N–H and O–H groups in total. The highest BCUT2D eigenvalue weighted by atomic mass is 19.4. The molecule has 0 radical (unpaired) electrons. The lowest BCUT2D eigenvalue weighted by Crippen LogP contribution is -2.11. The van der Waals surface area contributed by atoms with E-state index >= 15 is 0 Å². The van der Waals surface area contributed by atoms with Gasteiger partial charge in [0.15, 0.2) is 6.29 Å². The van der Waals surface area contributed by atoms with Crippen molar-refractivity contribution < 1.29 is 31.5 Å². The number of ether oxygens (including phenoxy) is 1. The molecule has 88 valence electrons. The zero-order valence-electron chi connectivity index (χ0n) is 7.46. The number of nitrogens with zero attached hydrogens (tertiary/aromatic N) is 1. The van der Waals surface area contributed by atoms with Gasteiger partial charge in [0, 0.05) is 12.3 Å². The van der Waals surface area contributed by atoms with E-state index in [0.29, 0.717) is 6.20 Å². The topological polar surface area (TPSA) is 39.2 Å². The summed E-state index contributed by atoms with van der Waals surface area (Å²) in [5.74, 6) is -0.854. The Kier molecular flexibility index (Phi) is 3.41. The second kappa shape index (κ2) is 4.42. The van der Waals surface area contributed by atoms with Gasteiger partial charge in [-0.1, -0.05) is 0 Å². The molecule has 0 saturated carbocycles. The van der Waals surface area contributed by atoms with Crippen LogP contribution < -0.4 is 4.74 Å². The van der Waals surface area contributed by atoms with Crippen molar-refractivity contribution in [1.82, 2.24) is 4.98 Å². The van der Waals surface area contributed by atoms with E-state index in [1.807, 2.05) is 0 Å². The molecule has 0 aliphatic carbocycles. The van der Waals surface area contributed by atoms with E-state index in [9.17, 15) is 26.7 Å². The fourth-order valence-electron chi connectivity index (χ4n) is 0.889. The molecular formula is C8H4F5NO2. The summed E-state index contributed by atoms with van der Waals surface area (Å²) in [5.41, 5.74) is -1.89. The minimum absolute atomic E-state index is 0.0743. The molecule has 0 saturated heterocycles. The fourth-order valence-corrected chi connectivity index (χ4v) is 0.889. The molecule has 0 atom stereocenters. The maximum absolute atomic E-state index is 12.1. The number of hydrogen-bond acceptors (Lipinski definition) is 3. The van der Waals surface area contributed by atoms with E-state index in [1.54, 1.807) is 0 Å². The van der Waals surface area contributed by atoms with Crippen LogP contribution in [0.4, 0.5) is 22.0 Å². The maximum atomic E-state index is 12.1. The summed E-state index contributed by atoms with van der Waals surface area (Å²) in [5, 5.41) is 0. The Hall–Kier alpha value is -1.73. The van der Waals surface area contributed by atoms with Gasteiger partial charge in [0.1, 0.15) is 11.4 Å².